The Morgan fingerprint density at radius 1 is 0.903 bits per heavy atom. The molecule has 1 unspecified atom stereocenters. The van der Waals surface area contributed by atoms with Crippen molar-refractivity contribution in [1.29, 1.82) is 0 Å². The third-order valence-corrected chi connectivity index (χ3v) is 5.39. The molecule has 0 N–H and O–H groups in total. The number of aryl methyl sites for hydroxylation is 1. The van der Waals surface area contributed by atoms with Gasteiger partial charge in [0.25, 0.3) is 17.7 Å². The Labute approximate surface area is 180 Å². The molecule has 1 aliphatic rings. The van der Waals surface area contributed by atoms with Gasteiger partial charge in [0.05, 0.1) is 18.2 Å². The highest BCUT2D eigenvalue weighted by molar-refractivity contribution is 6.22. The topological polar surface area (TPSA) is 66.9 Å². The fourth-order valence-electron chi connectivity index (χ4n) is 3.84. The van der Waals surface area contributed by atoms with Gasteiger partial charge in [0, 0.05) is 11.3 Å². The maximum Gasteiger partial charge on any atom is 0.263 e. The number of hydrogen-bond donors (Lipinski definition) is 0. The van der Waals surface area contributed by atoms with Crippen LogP contribution < -0.4 is 9.64 Å². The third-order valence-electron chi connectivity index (χ3n) is 5.39. The first-order valence-electron chi connectivity index (χ1n) is 9.93. The number of anilines is 1. The van der Waals surface area contributed by atoms with Crippen molar-refractivity contribution < 1.29 is 19.1 Å². The smallest absolute Gasteiger partial charge is 0.263 e. The lowest BCUT2D eigenvalue weighted by molar-refractivity contribution is 0.0587. The molecule has 0 bridgehead atoms. The lowest BCUT2D eigenvalue weighted by atomic mass is 10.1. The Balaban J connectivity index is 1.79. The highest BCUT2D eigenvalue weighted by atomic mass is 16.5. The zero-order valence-electron chi connectivity index (χ0n) is 17.5. The molecule has 3 aromatic carbocycles. The predicted octanol–water partition coefficient (Wildman–Crippen LogP) is 4.29. The Bertz CT molecular complexity index is 1150. The third kappa shape index (κ3) is 3.57. The molecule has 6 heteroatoms. The van der Waals surface area contributed by atoms with Gasteiger partial charge >= 0.3 is 0 Å². The predicted molar refractivity (Wildman–Crippen MR) is 117 cm³/mol. The van der Waals surface area contributed by atoms with Crippen molar-refractivity contribution in [3.05, 3.63) is 95.1 Å². The zero-order chi connectivity index (χ0) is 22.1. The number of carbonyl (C=O) groups is 3. The molecule has 3 amide bonds. The molecule has 0 radical (unpaired) electrons. The van der Waals surface area contributed by atoms with Crippen LogP contribution in [0, 0.1) is 6.92 Å². The molecule has 0 aromatic heterocycles. The molecule has 156 valence electrons. The van der Waals surface area contributed by atoms with Crippen LogP contribution in [0.15, 0.2) is 72.8 Å². The summed E-state index contributed by atoms with van der Waals surface area (Å²) in [6, 6.07) is 20.9. The van der Waals surface area contributed by atoms with Crippen molar-refractivity contribution in [3.63, 3.8) is 0 Å². The van der Waals surface area contributed by atoms with Gasteiger partial charge in [-0.3, -0.25) is 24.2 Å². The van der Waals surface area contributed by atoms with Gasteiger partial charge in [-0.2, -0.15) is 0 Å². The number of amides is 3. The lowest BCUT2D eigenvalue weighted by Crippen LogP contribution is -2.52. The highest BCUT2D eigenvalue weighted by Gasteiger charge is 2.42. The van der Waals surface area contributed by atoms with Crippen LogP contribution in [0.5, 0.6) is 5.75 Å². The fraction of sp³-hybridized carbons (Fsp3) is 0.160. The van der Waals surface area contributed by atoms with E-state index in [9.17, 15) is 14.4 Å². The molecule has 0 spiro atoms. The van der Waals surface area contributed by atoms with E-state index in [0.717, 1.165) is 10.5 Å². The molecule has 3 aromatic rings. The van der Waals surface area contributed by atoms with E-state index in [0.29, 0.717) is 28.1 Å². The molecular weight excluding hydrogens is 392 g/mol. The second-order valence-electron chi connectivity index (χ2n) is 7.40. The standard InChI is InChI=1S/C25H22N2O4/c1-16-8-6-10-19(14-16)26(23(28)18-9-7-11-20(15-18)31-3)17(2)27-24(29)21-12-4-5-13-22(21)25(27)30/h4-15,17H,1-3H3. The maximum absolute atomic E-state index is 13.6. The van der Waals surface area contributed by atoms with Crippen LogP contribution in [-0.2, 0) is 0 Å². The summed E-state index contributed by atoms with van der Waals surface area (Å²) in [6.07, 6.45) is -0.840. The van der Waals surface area contributed by atoms with E-state index in [4.69, 9.17) is 4.74 Å². The van der Waals surface area contributed by atoms with E-state index >= 15 is 0 Å². The number of ether oxygens (including phenoxy) is 1. The SMILES string of the molecule is COc1cccc(C(=O)N(c2cccc(C)c2)C(C)N2C(=O)c3ccccc3C2=O)c1. The number of nitrogens with zero attached hydrogens (tertiary/aromatic N) is 2. The summed E-state index contributed by atoms with van der Waals surface area (Å²) in [5.41, 5.74) is 2.63. The molecule has 0 saturated heterocycles. The molecule has 6 nitrogen and oxygen atoms in total. The largest absolute Gasteiger partial charge is 0.497 e. The van der Waals surface area contributed by atoms with Crippen molar-refractivity contribution >= 4 is 23.4 Å². The van der Waals surface area contributed by atoms with Gasteiger partial charge in [-0.25, -0.2) is 0 Å². The molecular formula is C25H22N2O4. The maximum atomic E-state index is 13.6. The van der Waals surface area contributed by atoms with Crippen molar-refractivity contribution in [2.75, 3.05) is 12.0 Å². The van der Waals surface area contributed by atoms with E-state index < -0.39 is 18.0 Å². The van der Waals surface area contributed by atoms with Crippen LogP contribution in [0.2, 0.25) is 0 Å². The quantitative estimate of drug-likeness (QED) is 0.584. The second kappa shape index (κ2) is 8.07. The van der Waals surface area contributed by atoms with E-state index in [1.807, 2.05) is 25.1 Å². The van der Waals surface area contributed by atoms with Gasteiger partial charge in [0.15, 0.2) is 0 Å². The van der Waals surface area contributed by atoms with Crippen LogP contribution in [0.3, 0.4) is 0 Å². The Hall–Kier alpha value is -3.93. The number of benzene rings is 3. The summed E-state index contributed by atoms with van der Waals surface area (Å²) in [6.45, 7) is 3.60. The average Bonchev–Trinajstić information content (AvgIpc) is 3.04. The lowest BCUT2D eigenvalue weighted by Gasteiger charge is -2.34. The van der Waals surface area contributed by atoms with Crippen molar-refractivity contribution in [2.24, 2.45) is 0 Å². The summed E-state index contributed by atoms with van der Waals surface area (Å²) in [4.78, 5) is 42.4. The van der Waals surface area contributed by atoms with Gasteiger partial charge < -0.3 is 4.74 Å². The van der Waals surface area contributed by atoms with E-state index in [1.165, 1.54) is 12.0 Å². The number of rotatable bonds is 5. The van der Waals surface area contributed by atoms with Crippen LogP contribution in [0.1, 0.15) is 43.6 Å². The molecule has 4 rings (SSSR count). The average molecular weight is 414 g/mol. The van der Waals surface area contributed by atoms with Crippen molar-refractivity contribution in [2.45, 2.75) is 20.0 Å². The van der Waals surface area contributed by atoms with Gasteiger partial charge in [-0.15, -0.1) is 0 Å². The van der Waals surface area contributed by atoms with Crippen LogP contribution in [0.4, 0.5) is 5.69 Å². The number of imide groups is 1. The fourth-order valence-corrected chi connectivity index (χ4v) is 3.84. The van der Waals surface area contributed by atoms with Gasteiger partial charge in [-0.1, -0.05) is 30.3 Å². The summed E-state index contributed by atoms with van der Waals surface area (Å²) >= 11 is 0. The molecule has 1 atom stereocenters. The van der Waals surface area contributed by atoms with E-state index in [-0.39, 0.29) is 5.91 Å². The molecule has 0 fully saturated rings. The number of fused-ring (bicyclic) bond motifs is 1. The molecule has 1 heterocycles. The Morgan fingerprint density at radius 2 is 1.55 bits per heavy atom. The molecule has 1 aliphatic heterocycles. The number of hydrogen-bond acceptors (Lipinski definition) is 4. The number of carbonyl (C=O) groups excluding carboxylic acids is 3. The first kappa shape index (κ1) is 20.3. The van der Waals surface area contributed by atoms with Gasteiger partial charge in [0.1, 0.15) is 11.9 Å². The molecule has 0 aliphatic carbocycles. The summed E-state index contributed by atoms with van der Waals surface area (Å²) in [5, 5.41) is 0. The van der Waals surface area contributed by atoms with Gasteiger partial charge in [-0.05, 0) is 61.9 Å². The van der Waals surface area contributed by atoms with Crippen LogP contribution in [0.25, 0.3) is 0 Å². The Kier molecular flexibility index (Phi) is 5.29. The first-order valence-corrected chi connectivity index (χ1v) is 9.93. The van der Waals surface area contributed by atoms with Gasteiger partial charge in [0.2, 0.25) is 0 Å². The highest BCUT2D eigenvalue weighted by Crippen LogP contribution is 2.30. The van der Waals surface area contributed by atoms with E-state index in [2.05, 4.69) is 0 Å². The minimum absolute atomic E-state index is 0.339. The normalized spacial score (nSPS) is 13.7. The Morgan fingerprint density at radius 3 is 2.16 bits per heavy atom. The van der Waals surface area contributed by atoms with Crippen LogP contribution in [-0.4, -0.2) is 35.9 Å². The first-order chi connectivity index (χ1) is 14.9. The monoisotopic (exact) mass is 414 g/mol. The second-order valence-corrected chi connectivity index (χ2v) is 7.40. The van der Waals surface area contributed by atoms with Crippen molar-refractivity contribution in [1.82, 2.24) is 4.90 Å². The zero-order valence-corrected chi connectivity index (χ0v) is 17.5. The van der Waals surface area contributed by atoms with Crippen molar-refractivity contribution in [3.8, 4) is 5.75 Å². The molecule has 31 heavy (non-hydrogen) atoms. The minimum atomic E-state index is -0.840. The summed E-state index contributed by atoms with van der Waals surface area (Å²) in [5.74, 6) is -0.620. The van der Waals surface area contributed by atoms with E-state index in [1.54, 1.807) is 61.5 Å². The summed E-state index contributed by atoms with van der Waals surface area (Å²) in [7, 11) is 1.53. The minimum Gasteiger partial charge on any atom is -0.497 e. The van der Waals surface area contributed by atoms with Crippen LogP contribution >= 0.6 is 0 Å². The molecule has 0 saturated carbocycles. The summed E-state index contributed by atoms with van der Waals surface area (Å²) < 4.78 is 5.26. The number of methoxy groups -OCH3 is 1.